The first-order chi connectivity index (χ1) is 16.7. The molecule has 0 spiro atoms. The van der Waals surface area contributed by atoms with Crippen LogP contribution < -0.4 is 15.4 Å². The Labute approximate surface area is 203 Å². The molecule has 0 amide bonds. The first-order valence-electron chi connectivity index (χ1n) is 10.8. The molecule has 0 fully saturated rings. The molecule has 1 aliphatic rings. The molecule has 1 atom stereocenters. The maximum atomic E-state index is 14.5. The number of methoxy groups -OCH3 is 2. The molecule has 2 aromatic rings. The van der Waals surface area contributed by atoms with Gasteiger partial charge in [0.1, 0.15) is 23.1 Å². The van der Waals surface area contributed by atoms with Gasteiger partial charge in [0.2, 0.25) is 0 Å². The SMILES string of the molecule is COC(=O)C1=C(C(=O)OC)N(c2cc(F)ccc2OCC(C)C)C(N)=C(C#N)C1c1ccccc1. The van der Waals surface area contributed by atoms with Crippen molar-refractivity contribution in [2.75, 3.05) is 25.7 Å². The van der Waals surface area contributed by atoms with E-state index in [1.165, 1.54) is 12.1 Å². The molecule has 35 heavy (non-hydrogen) atoms. The van der Waals surface area contributed by atoms with Gasteiger partial charge in [0.15, 0.2) is 0 Å². The highest BCUT2D eigenvalue weighted by Gasteiger charge is 2.43. The Morgan fingerprint density at radius 3 is 2.34 bits per heavy atom. The van der Waals surface area contributed by atoms with Crippen molar-refractivity contribution in [2.45, 2.75) is 19.8 Å². The van der Waals surface area contributed by atoms with Crippen molar-refractivity contribution in [3.8, 4) is 11.8 Å². The van der Waals surface area contributed by atoms with Crippen LogP contribution in [0.3, 0.4) is 0 Å². The Morgan fingerprint density at radius 1 is 1.11 bits per heavy atom. The van der Waals surface area contributed by atoms with Crippen LogP contribution in [0.2, 0.25) is 0 Å². The first-order valence-corrected chi connectivity index (χ1v) is 10.8. The van der Waals surface area contributed by atoms with E-state index in [1.54, 1.807) is 30.3 Å². The molecule has 0 radical (unpaired) electrons. The van der Waals surface area contributed by atoms with Gasteiger partial charge in [-0.1, -0.05) is 44.2 Å². The molecule has 0 saturated carbocycles. The minimum atomic E-state index is -1.02. The molecular weight excluding hydrogens is 453 g/mol. The summed E-state index contributed by atoms with van der Waals surface area (Å²) in [4.78, 5) is 27.4. The molecular formula is C26H26FN3O5. The van der Waals surface area contributed by atoms with Crippen LogP contribution in [0, 0.1) is 23.1 Å². The summed E-state index contributed by atoms with van der Waals surface area (Å²) in [6.45, 7) is 4.16. The molecule has 0 aliphatic carbocycles. The van der Waals surface area contributed by atoms with Crippen LogP contribution in [0.15, 0.2) is 71.2 Å². The molecule has 1 unspecified atom stereocenters. The Morgan fingerprint density at radius 2 is 1.77 bits per heavy atom. The number of rotatable bonds is 7. The second-order valence-electron chi connectivity index (χ2n) is 8.15. The van der Waals surface area contributed by atoms with Crippen molar-refractivity contribution in [3.05, 3.63) is 82.6 Å². The zero-order chi connectivity index (χ0) is 25.7. The van der Waals surface area contributed by atoms with Crippen LogP contribution in [0.1, 0.15) is 25.3 Å². The minimum absolute atomic E-state index is 0.0247. The molecule has 9 heteroatoms. The lowest BCUT2D eigenvalue weighted by Crippen LogP contribution is -2.41. The van der Waals surface area contributed by atoms with Gasteiger partial charge < -0.3 is 19.9 Å². The van der Waals surface area contributed by atoms with Gasteiger partial charge in [-0.25, -0.2) is 14.0 Å². The Bertz CT molecular complexity index is 1230. The number of anilines is 1. The van der Waals surface area contributed by atoms with E-state index in [9.17, 15) is 19.2 Å². The normalized spacial score (nSPS) is 15.7. The second kappa shape index (κ2) is 10.7. The molecule has 8 nitrogen and oxygen atoms in total. The highest BCUT2D eigenvalue weighted by Crippen LogP contribution is 2.45. The van der Waals surface area contributed by atoms with Gasteiger partial charge in [-0.2, -0.15) is 5.26 Å². The molecule has 182 valence electrons. The van der Waals surface area contributed by atoms with Gasteiger partial charge in [0.05, 0.1) is 49.6 Å². The topological polar surface area (TPSA) is 115 Å². The van der Waals surface area contributed by atoms with Crippen molar-refractivity contribution in [1.29, 1.82) is 5.26 Å². The van der Waals surface area contributed by atoms with Crippen molar-refractivity contribution < 1.29 is 28.2 Å². The van der Waals surface area contributed by atoms with Gasteiger partial charge in [-0.15, -0.1) is 0 Å². The maximum absolute atomic E-state index is 14.5. The molecule has 1 heterocycles. The van der Waals surface area contributed by atoms with Crippen molar-refractivity contribution in [1.82, 2.24) is 0 Å². The number of nitrogens with zero attached hydrogens (tertiary/aromatic N) is 2. The summed E-state index contributed by atoms with van der Waals surface area (Å²) in [6, 6.07) is 14.4. The van der Waals surface area contributed by atoms with Gasteiger partial charge >= 0.3 is 11.9 Å². The molecule has 2 aromatic carbocycles. The van der Waals surface area contributed by atoms with E-state index in [0.29, 0.717) is 5.56 Å². The largest absolute Gasteiger partial charge is 0.491 e. The number of carbonyl (C=O) groups excluding carboxylic acids is 2. The van der Waals surface area contributed by atoms with Gasteiger partial charge in [0.25, 0.3) is 0 Å². The lowest BCUT2D eigenvalue weighted by atomic mass is 9.81. The standard InChI is InChI=1S/C26H26FN3O5/c1-15(2)14-35-20-11-10-17(27)12-19(20)30-23(26(32)34-4)22(25(31)33-3)21(18(13-28)24(30)29)16-8-6-5-7-9-16/h5-12,15,21H,14,29H2,1-4H3. The van der Waals surface area contributed by atoms with Gasteiger partial charge in [-0.05, 0) is 23.6 Å². The fourth-order valence-corrected chi connectivity index (χ4v) is 3.81. The van der Waals surface area contributed by atoms with E-state index in [1.807, 2.05) is 13.8 Å². The summed E-state index contributed by atoms with van der Waals surface area (Å²) < 4.78 is 30.3. The van der Waals surface area contributed by atoms with E-state index in [-0.39, 0.29) is 46.6 Å². The fourth-order valence-electron chi connectivity index (χ4n) is 3.81. The Kier molecular flexibility index (Phi) is 7.76. The van der Waals surface area contributed by atoms with E-state index >= 15 is 0 Å². The van der Waals surface area contributed by atoms with Crippen LogP contribution in [-0.2, 0) is 19.1 Å². The number of esters is 2. The van der Waals surface area contributed by atoms with Crippen LogP contribution in [-0.4, -0.2) is 32.8 Å². The number of halogens is 1. The smallest absolute Gasteiger partial charge is 0.355 e. The monoisotopic (exact) mass is 479 g/mol. The highest BCUT2D eigenvalue weighted by molar-refractivity contribution is 6.06. The molecule has 0 saturated heterocycles. The zero-order valence-corrected chi connectivity index (χ0v) is 19.9. The number of nitrogens with two attached hydrogens (primary N) is 1. The fraction of sp³-hybridized carbons (Fsp3) is 0.269. The number of nitriles is 1. The number of hydrogen-bond donors (Lipinski definition) is 1. The summed E-state index contributed by atoms with van der Waals surface area (Å²) in [5.74, 6) is -3.29. The number of ether oxygens (including phenoxy) is 3. The van der Waals surface area contributed by atoms with Crippen LogP contribution in [0.4, 0.5) is 10.1 Å². The van der Waals surface area contributed by atoms with Crippen LogP contribution in [0.25, 0.3) is 0 Å². The number of allylic oxidation sites excluding steroid dienone is 1. The third kappa shape index (κ3) is 4.96. The third-order valence-electron chi connectivity index (χ3n) is 5.34. The van der Waals surface area contributed by atoms with Gasteiger partial charge in [-0.3, -0.25) is 4.90 Å². The average molecular weight is 480 g/mol. The average Bonchev–Trinajstić information content (AvgIpc) is 2.86. The lowest BCUT2D eigenvalue weighted by Gasteiger charge is -2.36. The number of hydrogen-bond acceptors (Lipinski definition) is 8. The van der Waals surface area contributed by atoms with E-state index in [2.05, 4.69) is 6.07 Å². The third-order valence-corrected chi connectivity index (χ3v) is 5.34. The zero-order valence-electron chi connectivity index (χ0n) is 19.9. The van der Waals surface area contributed by atoms with E-state index in [0.717, 1.165) is 25.2 Å². The predicted octanol–water partition coefficient (Wildman–Crippen LogP) is 3.76. The van der Waals surface area contributed by atoms with E-state index in [4.69, 9.17) is 19.9 Å². The minimum Gasteiger partial charge on any atom is -0.491 e. The Balaban J connectivity index is 2.40. The molecule has 3 rings (SSSR count). The summed E-state index contributed by atoms with van der Waals surface area (Å²) in [5.41, 5.74) is 6.53. The molecule has 2 N–H and O–H groups in total. The maximum Gasteiger partial charge on any atom is 0.355 e. The number of benzene rings is 2. The summed E-state index contributed by atoms with van der Waals surface area (Å²) in [7, 11) is 2.30. The lowest BCUT2D eigenvalue weighted by molar-refractivity contribution is -0.139. The van der Waals surface area contributed by atoms with Gasteiger partial charge in [0, 0.05) is 6.07 Å². The second-order valence-corrected chi connectivity index (χ2v) is 8.15. The van der Waals surface area contributed by atoms with Crippen LogP contribution >= 0.6 is 0 Å². The molecule has 1 aliphatic heterocycles. The highest BCUT2D eigenvalue weighted by atomic mass is 19.1. The summed E-state index contributed by atoms with van der Waals surface area (Å²) in [6.07, 6.45) is 0. The predicted molar refractivity (Wildman–Crippen MR) is 126 cm³/mol. The van der Waals surface area contributed by atoms with Crippen molar-refractivity contribution >= 4 is 17.6 Å². The Hall–Kier alpha value is -4.32. The molecule has 0 bridgehead atoms. The molecule has 0 aromatic heterocycles. The van der Waals surface area contributed by atoms with E-state index < -0.39 is 23.7 Å². The first kappa shape index (κ1) is 25.3. The summed E-state index contributed by atoms with van der Waals surface area (Å²) in [5, 5.41) is 10.1. The van der Waals surface area contributed by atoms with Crippen LogP contribution in [0.5, 0.6) is 5.75 Å². The number of carbonyl (C=O) groups is 2. The van der Waals surface area contributed by atoms with Crippen molar-refractivity contribution in [3.63, 3.8) is 0 Å². The van der Waals surface area contributed by atoms with Crippen molar-refractivity contribution in [2.24, 2.45) is 11.7 Å². The quantitative estimate of drug-likeness (QED) is 0.597. The summed E-state index contributed by atoms with van der Waals surface area (Å²) >= 11 is 0.